The predicted molar refractivity (Wildman–Crippen MR) is 73.2 cm³/mol. The van der Waals surface area contributed by atoms with E-state index in [-0.39, 0.29) is 0 Å². The number of imidazole rings is 1. The van der Waals surface area contributed by atoms with Gasteiger partial charge in [-0.3, -0.25) is 0 Å². The summed E-state index contributed by atoms with van der Waals surface area (Å²) in [5.41, 5.74) is 9.92. The Morgan fingerprint density at radius 2 is 2.12 bits per heavy atom. The average molecular weight is 243 g/mol. The third-order valence-corrected chi connectivity index (χ3v) is 3.98. The Bertz CT molecular complexity index is 694. The molecular formula is C13H13N3S. The number of nitrogen functional groups attached to an aromatic ring is 1. The summed E-state index contributed by atoms with van der Waals surface area (Å²) in [6.45, 7) is 2.11. The maximum atomic E-state index is 5.81. The lowest BCUT2D eigenvalue weighted by Gasteiger charge is -2.01. The van der Waals surface area contributed by atoms with Crippen molar-refractivity contribution in [1.82, 2.24) is 9.55 Å². The van der Waals surface area contributed by atoms with Gasteiger partial charge in [-0.2, -0.15) is 0 Å². The minimum Gasteiger partial charge on any atom is -0.399 e. The predicted octanol–water partition coefficient (Wildman–Crippen LogP) is 3.19. The third kappa shape index (κ3) is 1.52. The Balaban J connectivity index is 2.32. The van der Waals surface area contributed by atoms with Crippen molar-refractivity contribution in [3.05, 3.63) is 35.2 Å². The van der Waals surface area contributed by atoms with Crippen LogP contribution in [0.2, 0.25) is 0 Å². The molecule has 2 heterocycles. The van der Waals surface area contributed by atoms with E-state index >= 15 is 0 Å². The second-order valence-corrected chi connectivity index (χ2v) is 5.09. The van der Waals surface area contributed by atoms with E-state index in [2.05, 4.69) is 27.9 Å². The number of hydrogen-bond acceptors (Lipinski definition) is 3. The lowest BCUT2D eigenvalue weighted by atomic mass is 10.3. The summed E-state index contributed by atoms with van der Waals surface area (Å²) < 4.78 is 2.10. The zero-order valence-electron chi connectivity index (χ0n) is 9.77. The fourth-order valence-electron chi connectivity index (χ4n) is 2.01. The second kappa shape index (κ2) is 3.60. The molecule has 0 amide bonds. The Morgan fingerprint density at radius 3 is 2.82 bits per heavy atom. The Labute approximate surface area is 104 Å². The van der Waals surface area contributed by atoms with E-state index < -0.39 is 0 Å². The molecule has 0 saturated carbocycles. The van der Waals surface area contributed by atoms with Crippen molar-refractivity contribution < 1.29 is 0 Å². The monoisotopic (exact) mass is 243 g/mol. The van der Waals surface area contributed by atoms with Crippen LogP contribution in [0.5, 0.6) is 0 Å². The Hall–Kier alpha value is -1.81. The maximum Gasteiger partial charge on any atom is 0.151 e. The zero-order valence-corrected chi connectivity index (χ0v) is 10.6. The van der Waals surface area contributed by atoms with E-state index in [1.165, 1.54) is 10.4 Å². The molecule has 0 radical (unpaired) electrons. The van der Waals surface area contributed by atoms with Crippen LogP contribution >= 0.6 is 11.3 Å². The largest absolute Gasteiger partial charge is 0.399 e. The number of benzene rings is 1. The molecule has 3 aromatic rings. The second-order valence-electron chi connectivity index (χ2n) is 4.18. The van der Waals surface area contributed by atoms with Gasteiger partial charge in [0, 0.05) is 12.7 Å². The highest BCUT2D eigenvalue weighted by atomic mass is 32.1. The van der Waals surface area contributed by atoms with Crippen LogP contribution in [0.1, 0.15) is 5.56 Å². The van der Waals surface area contributed by atoms with Crippen LogP contribution in [-0.2, 0) is 7.05 Å². The van der Waals surface area contributed by atoms with Crippen LogP contribution in [0, 0.1) is 6.92 Å². The van der Waals surface area contributed by atoms with Gasteiger partial charge < -0.3 is 10.3 Å². The van der Waals surface area contributed by atoms with Gasteiger partial charge in [-0.1, -0.05) is 0 Å². The van der Waals surface area contributed by atoms with Crippen molar-refractivity contribution in [1.29, 1.82) is 0 Å². The first-order valence-electron chi connectivity index (χ1n) is 5.43. The number of hydrogen-bond donors (Lipinski definition) is 1. The van der Waals surface area contributed by atoms with Gasteiger partial charge in [-0.05, 0) is 42.1 Å². The molecule has 86 valence electrons. The summed E-state index contributed by atoms with van der Waals surface area (Å²) in [7, 11) is 2.03. The number of aromatic nitrogens is 2. The zero-order chi connectivity index (χ0) is 12.0. The molecule has 4 heteroatoms. The van der Waals surface area contributed by atoms with E-state index in [9.17, 15) is 0 Å². The third-order valence-electron chi connectivity index (χ3n) is 2.97. The van der Waals surface area contributed by atoms with Crippen molar-refractivity contribution in [2.24, 2.45) is 7.05 Å². The normalized spacial score (nSPS) is 11.2. The first-order valence-corrected chi connectivity index (χ1v) is 6.31. The summed E-state index contributed by atoms with van der Waals surface area (Å²) in [6, 6.07) is 7.94. The number of aryl methyl sites for hydroxylation is 2. The molecule has 0 saturated heterocycles. The molecule has 3 nitrogen and oxygen atoms in total. The molecule has 0 aliphatic rings. The molecule has 2 N–H and O–H groups in total. The van der Waals surface area contributed by atoms with E-state index in [1.54, 1.807) is 11.3 Å². The van der Waals surface area contributed by atoms with Gasteiger partial charge in [0.1, 0.15) is 0 Å². The lowest BCUT2D eigenvalue weighted by molar-refractivity contribution is 0.962. The number of nitrogens with two attached hydrogens (primary N) is 1. The molecule has 0 aliphatic carbocycles. The van der Waals surface area contributed by atoms with Gasteiger partial charge in [0.25, 0.3) is 0 Å². The first kappa shape index (κ1) is 10.4. The number of fused-ring (bicyclic) bond motifs is 1. The van der Waals surface area contributed by atoms with Crippen LogP contribution in [0.4, 0.5) is 5.69 Å². The van der Waals surface area contributed by atoms with Crippen molar-refractivity contribution in [3.8, 4) is 10.7 Å². The number of thiophene rings is 1. The van der Waals surface area contributed by atoms with E-state index in [4.69, 9.17) is 5.73 Å². The van der Waals surface area contributed by atoms with Gasteiger partial charge in [0.2, 0.25) is 0 Å². The SMILES string of the molecule is Cc1ccsc1-c1nc2ccc(N)cc2n1C. The highest BCUT2D eigenvalue weighted by Crippen LogP contribution is 2.30. The minimum absolute atomic E-state index is 0.773. The standard InChI is InChI=1S/C13H13N3S/c1-8-5-6-17-12(8)13-15-10-4-3-9(14)7-11(10)16(13)2/h3-7H,14H2,1-2H3. The van der Waals surface area contributed by atoms with E-state index in [0.29, 0.717) is 0 Å². The van der Waals surface area contributed by atoms with Gasteiger partial charge in [-0.25, -0.2) is 4.98 Å². The summed E-state index contributed by atoms with van der Waals surface area (Å²) in [5.74, 6) is 1.01. The molecule has 0 unspecified atom stereocenters. The van der Waals surface area contributed by atoms with Crippen LogP contribution in [0.25, 0.3) is 21.7 Å². The number of anilines is 1. The molecule has 0 aliphatic heterocycles. The molecule has 0 bridgehead atoms. The summed E-state index contributed by atoms with van der Waals surface area (Å²) in [6.07, 6.45) is 0. The lowest BCUT2D eigenvalue weighted by Crippen LogP contribution is -1.92. The summed E-state index contributed by atoms with van der Waals surface area (Å²) >= 11 is 1.72. The average Bonchev–Trinajstić information content (AvgIpc) is 2.84. The molecular weight excluding hydrogens is 230 g/mol. The first-order chi connectivity index (χ1) is 8.16. The molecule has 3 rings (SSSR count). The van der Waals surface area contributed by atoms with Crippen molar-refractivity contribution in [3.63, 3.8) is 0 Å². The van der Waals surface area contributed by atoms with Crippen LogP contribution in [-0.4, -0.2) is 9.55 Å². The van der Waals surface area contributed by atoms with Gasteiger partial charge in [0.15, 0.2) is 5.82 Å². The van der Waals surface area contributed by atoms with Gasteiger partial charge >= 0.3 is 0 Å². The Morgan fingerprint density at radius 1 is 1.29 bits per heavy atom. The molecule has 0 atom stereocenters. The minimum atomic E-state index is 0.773. The van der Waals surface area contributed by atoms with Crippen molar-refractivity contribution in [2.75, 3.05) is 5.73 Å². The highest BCUT2D eigenvalue weighted by molar-refractivity contribution is 7.13. The Kier molecular flexibility index (Phi) is 2.19. The fourth-order valence-corrected chi connectivity index (χ4v) is 2.96. The number of nitrogens with zero attached hydrogens (tertiary/aromatic N) is 2. The quantitative estimate of drug-likeness (QED) is 0.667. The maximum absolute atomic E-state index is 5.81. The molecule has 0 spiro atoms. The van der Waals surface area contributed by atoms with E-state index in [0.717, 1.165) is 22.5 Å². The number of rotatable bonds is 1. The van der Waals surface area contributed by atoms with Crippen LogP contribution in [0.15, 0.2) is 29.6 Å². The van der Waals surface area contributed by atoms with E-state index in [1.807, 2.05) is 25.2 Å². The van der Waals surface area contributed by atoms with Gasteiger partial charge in [-0.15, -0.1) is 11.3 Å². The fraction of sp³-hybridized carbons (Fsp3) is 0.154. The summed E-state index contributed by atoms with van der Waals surface area (Å²) in [4.78, 5) is 5.90. The molecule has 2 aromatic heterocycles. The van der Waals surface area contributed by atoms with Gasteiger partial charge in [0.05, 0.1) is 15.9 Å². The van der Waals surface area contributed by atoms with Crippen molar-refractivity contribution >= 4 is 28.1 Å². The molecule has 1 aromatic carbocycles. The van der Waals surface area contributed by atoms with Crippen molar-refractivity contribution in [2.45, 2.75) is 6.92 Å². The topological polar surface area (TPSA) is 43.8 Å². The van der Waals surface area contributed by atoms with Crippen LogP contribution < -0.4 is 5.73 Å². The molecule has 17 heavy (non-hydrogen) atoms. The molecule has 0 fully saturated rings. The smallest absolute Gasteiger partial charge is 0.151 e. The van der Waals surface area contributed by atoms with Crippen LogP contribution in [0.3, 0.4) is 0 Å². The summed E-state index contributed by atoms with van der Waals surface area (Å²) in [5, 5.41) is 2.10. The highest BCUT2D eigenvalue weighted by Gasteiger charge is 2.12.